The Morgan fingerprint density at radius 1 is 0.391 bits per heavy atom. The first-order chi connectivity index (χ1) is 11.1. The van der Waals surface area contributed by atoms with Crippen LogP contribution in [0, 0.1) is 10.8 Å². The molecule has 23 heavy (non-hydrogen) atoms. The Kier molecular flexibility index (Phi) is 13.3. The molecule has 0 aromatic carbocycles. The Balaban J connectivity index is 5.59. The zero-order valence-corrected chi connectivity index (χ0v) is 17.6. The second kappa shape index (κ2) is 13.3. The van der Waals surface area contributed by atoms with E-state index in [4.69, 9.17) is 0 Å². The highest BCUT2D eigenvalue weighted by molar-refractivity contribution is 4.97. The molecule has 0 saturated carbocycles. The topological polar surface area (TPSA) is 0 Å². The maximum Gasteiger partial charge on any atom is -0.0241 e. The van der Waals surface area contributed by atoms with Crippen LogP contribution in [0.15, 0.2) is 0 Å². The Labute approximate surface area is 149 Å². The van der Waals surface area contributed by atoms with Crippen LogP contribution in [0.25, 0.3) is 0 Å². The molecule has 0 fully saturated rings. The van der Waals surface area contributed by atoms with Crippen molar-refractivity contribution in [1.82, 2.24) is 0 Å². The van der Waals surface area contributed by atoms with E-state index < -0.39 is 0 Å². The van der Waals surface area contributed by atoms with E-state index in [2.05, 4.69) is 41.5 Å². The van der Waals surface area contributed by atoms with Crippen molar-refractivity contribution in [2.45, 2.75) is 138 Å². The van der Waals surface area contributed by atoms with Gasteiger partial charge in [0.15, 0.2) is 0 Å². The lowest BCUT2D eigenvalue weighted by Gasteiger charge is -2.53. The van der Waals surface area contributed by atoms with Crippen molar-refractivity contribution in [2.24, 2.45) is 10.8 Å². The van der Waals surface area contributed by atoms with Crippen molar-refractivity contribution in [2.75, 3.05) is 0 Å². The highest BCUT2D eigenvalue weighted by Crippen LogP contribution is 2.57. The molecule has 0 bridgehead atoms. The Morgan fingerprint density at radius 2 is 0.826 bits per heavy atom. The van der Waals surface area contributed by atoms with Crippen LogP contribution in [0.3, 0.4) is 0 Å². The van der Waals surface area contributed by atoms with Crippen LogP contribution in [0.5, 0.6) is 0 Å². The maximum absolute atomic E-state index is 2.50. The molecule has 140 valence electrons. The van der Waals surface area contributed by atoms with Crippen LogP contribution in [0.2, 0.25) is 0 Å². The van der Waals surface area contributed by atoms with E-state index in [1.807, 2.05) is 0 Å². The normalized spacial score (nSPS) is 17.0. The fraction of sp³-hybridized carbons (Fsp3) is 1.00. The van der Waals surface area contributed by atoms with Gasteiger partial charge in [-0.3, -0.25) is 0 Å². The molecule has 0 heteroatoms. The molecule has 0 amide bonds. The van der Waals surface area contributed by atoms with Crippen molar-refractivity contribution in [3.05, 3.63) is 0 Å². The molecule has 0 rings (SSSR count). The lowest BCUT2D eigenvalue weighted by molar-refractivity contribution is -0.0220. The van der Waals surface area contributed by atoms with E-state index in [0.717, 1.165) is 0 Å². The molecule has 0 aliphatic rings. The first-order valence-electron chi connectivity index (χ1n) is 11.1. The van der Waals surface area contributed by atoms with E-state index in [-0.39, 0.29) is 0 Å². The summed E-state index contributed by atoms with van der Waals surface area (Å²) in [6.45, 7) is 14.4. The van der Waals surface area contributed by atoms with E-state index in [1.165, 1.54) is 96.3 Å². The second-order valence-corrected chi connectivity index (χ2v) is 8.08. The minimum Gasteiger partial charge on any atom is -0.0654 e. The summed E-state index contributed by atoms with van der Waals surface area (Å²) < 4.78 is 0. The number of unbranched alkanes of at least 4 members (excludes halogenated alkanes) is 4. The maximum atomic E-state index is 2.50. The molecule has 0 aromatic rings. The second-order valence-electron chi connectivity index (χ2n) is 8.08. The van der Waals surface area contributed by atoms with E-state index in [0.29, 0.717) is 10.8 Å². The van der Waals surface area contributed by atoms with Gasteiger partial charge in [0.05, 0.1) is 0 Å². The summed E-state index contributed by atoms with van der Waals surface area (Å²) in [7, 11) is 0. The summed E-state index contributed by atoms with van der Waals surface area (Å²) in [6.07, 6.45) is 21.3. The molecule has 0 saturated heterocycles. The van der Waals surface area contributed by atoms with Gasteiger partial charge in [0, 0.05) is 0 Å². The largest absolute Gasteiger partial charge is 0.0654 e. The minimum atomic E-state index is 0.608. The zero-order chi connectivity index (χ0) is 17.6. The SMILES string of the molecule is CCCCCC(CCC)(CCCC)C(CC)(CCC)CCCC. The highest BCUT2D eigenvalue weighted by atomic mass is 14.5. The Bertz CT molecular complexity index is 257. The van der Waals surface area contributed by atoms with Gasteiger partial charge in [-0.25, -0.2) is 0 Å². The third-order valence-electron chi connectivity index (χ3n) is 6.54. The first kappa shape index (κ1) is 23.0. The van der Waals surface area contributed by atoms with Gasteiger partial charge in [-0.1, -0.05) is 99.3 Å². The molecule has 0 aliphatic heterocycles. The summed E-state index contributed by atoms with van der Waals surface area (Å²) in [6, 6.07) is 0. The fourth-order valence-corrected chi connectivity index (χ4v) is 5.26. The average molecular weight is 325 g/mol. The molecule has 0 spiro atoms. The first-order valence-corrected chi connectivity index (χ1v) is 11.1. The molecular weight excluding hydrogens is 276 g/mol. The molecule has 0 N–H and O–H groups in total. The van der Waals surface area contributed by atoms with E-state index in [9.17, 15) is 0 Å². The van der Waals surface area contributed by atoms with Gasteiger partial charge in [-0.05, 0) is 49.4 Å². The van der Waals surface area contributed by atoms with Crippen LogP contribution in [-0.2, 0) is 0 Å². The van der Waals surface area contributed by atoms with Gasteiger partial charge >= 0.3 is 0 Å². The third kappa shape index (κ3) is 6.79. The lowest BCUT2D eigenvalue weighted by atomic mass is 9.52. The monoisotopic (exact) mass is 324 g/mol. The van der Waals surface area contributed by atoms with Crippen molar-refractivity contribution < 1.29 is 0 Å². The summed E-state index contributed by atoms with van der Waals surface area (Å²) in [4.78, 5) is 0. The average Bonchev–Trinajstić information content (AvgIpc) is 2.56. The number of hydrogen-bond donors (Lipinski definition) is 0. The fourth-order valence-electron chi connectivity index (χ4n) is 5.26. The van der Waals surface area contributed by atoms with Gasteiger partial charge < -0.3 is 0 Å². The molecular formula is C23H48. The van der Waals surface area contributed by atoms with Gasteiger partial charge in [0.1, 0.15) is 0 Å². The predicted molar refractivity (Wildman–Crippen MR) is 108 cm³/mol. The molecule has 0 nitrogen and oxygen atoms in total. The van der Waals surface area contributed by atoms with Crippen LogP contribution in [-0.4, -0.2) is 0 Å². The predicted octanol–water partition coefficient (Wildman–Crippen LogP) is 8.93. The van der Waals surface area contributed by atoms with Crippen LogP contribution >= 0.6 is 0 Å². The standard InChI is InChI=1S/C23H48/c1-7-13-16-21-23(18-11-5,20-15-9-3)22(12-6,17-10-4)19-14-8-2/h7-21H2,1-6H3. The number of hydrogen-bond acceptors (Lipinski definition) is 0. The Morgan fingerprint density at radius 3 is 1.26 bits per heavy atom. The van der Waals surface area contributed by atoms with E-state index in [1.54, 1.807) is 0 Å². The van der Waals surface area contributed by atoms with Crippen molar-refractivity contribution in [3.8, 4) is 0 Å². The van der Waals surface area contributed by atoms with Crippen LogP contribution in [0.4, 0.5) is 0 Å². The third-order valence-corrected chi connectivity index (χ3v) is 6.54. The quantitative estimate of drug-likeness (QED) is 0.248. The summed E-state index contributed by atoms with van der Waals surface area (Å²) in [5, 5.41) is 0. The lowest BCUT2D eigenvalue weighted by Crippen LogP contribution is -2.42. The van der Waals surface area contributed by atoms with Crippen molar-refractivity contribution in [3.63, 3.8) is 0 Å². The van der Waals surface area contributed by atoms with Crippen LogP contribution in [0.1, 0.15) is 138 Å². The molecule has 0 aromatic heterocycles. The highest BCUT2D eigenvalue weighted by Gasteiger charge is 2.46. The zero-order valence-electron chi connectivity index (χ0n) is 17.6. The van der Waals surface area contributed by atoms with E-state index >= 15 is 0 Å². The van der Waals surface area contributed by atoms with Crippen LogP contribution < -0.4 is 0 Å². The van der Waals surface area contributed by atoms with Gasteiger partial charge in [-0.15, -0.1) is 0 Å². The summed E-state index contributed by atoms with van der Waals surface area (Å²) in [5.74, 6) is 0. The molecule has 0 aliphatic carbocycles. The Hall–Kier alpha value is 0. The molecule has 2 unspecified atom stereocenters. The van der Waals surface area contributed by atoms with Gasteiger partial charge in [0.25, 0.3) is 0 Å². The summed E-state index contributed by atoms with van der Waals surface area (Å²) >= 11 is 0. The summed E-state index contributed by atoms with van der Waals surface area (Å²) in [5.41, 5.74) is 1.23. The number of rotatable bonds is 16. The molecule has 2 atom stereocenters. The van der Waals surface area contributed by atoms with Crippen molar-refractivity contribution >= 4 is 0 Å². The molecule has 0 radical (unpaired) electrons. The van der Waals surface area contributed by atoms with Gasteiger partial charge in [0.2, 0.25) is 0 Å². The molecule has 0 heterocycles. The smallest absolute Gasteiger partial charge is 0.0241 e. The van der Waals surface area contributed by atoms with Crippen molar-refractivity contribution in [1.29, 1.82) is 0 Å². The van der Waals surface area contributed by atoms with Gasteiger partial charge in [-0.2, -0.15) is 0 Å². The minimum absolute atomic E-state index is 0.608.